The van der Waals surface area contributed by atoms with Gasteiger partial charge in [0.1, 0.15) is 0 Å². The van der Waals surface area contributed by atoms with Crippen LogP contribution in [-0.2, 0) is 0 Å². The zero-order valence-electron chi connectivity index (χ0n) is 37.6. The zero-order chi connectivity index (χ0) is 44.1. The van der Waals surface area contributed by atoms with E-state index in [2.05, 4.69) is 165 Å². The third kappa shape index (κ3) is 16.0. The van der Waals surface area contributed by atoms with Gasteiger partial charge < -0.3 is 5.32 Å². The van der Waals surface area contributed by atoms with E-state index in [1.807, 2.05) is 127 Å². The van der Waals surface area contributed by atoms with E-state index in [0.717, 1.165) is 16.9 Å². The van der Waals surface area contributed by atoms with Crippen LogP contribution < -0.4 is 5.32 Å². The monoisotopic (exact) mass is 800 g/mol. The lowest BCUT2D eigenvalue weighted by atomic mass is 9.92. The van der Waals surface area contributed by atoms with Gasteiger partial charge in [0.05, 0.1) is 0 Å². The van der Waals surface area contributed by atoms with Crippen LogP contribution >= 0.6 is 0 Å². The fraction of sp³-hybridized carbons (Fsp3) is 0.133. The van der Waals surface area contributed by atoms with Gasteiger partial charge in [0, 0.05) is 16.9 Å². The maximum atomic E-state index is 3.65. The number of allylic oxidation sites excluding steroid dienone is 9. The standard InChI is InChI=1S/C38H31N.C12H16.C6H6.2C2H6/c1-27-11-6-7-16-35(27)36-24-21-32(25-28(36)2)31-14-10-15-33(26-31)37-17-8-9-18-38(37)39-34-22-19-30(20-23-34)29-12-4-3-5-13-29;1-4-7-8-11-12(9-5-2)10-6-3;1-2-4-6-5-3-1;2*1-2/h3-26,39H,1-2H3;4-11H,2H2,1,3H3;1-6H;2*1-2H3/b;7-4-,10-6-,11-8-,12-9+;;;. The lowest BCUT2D eigenvalue weighted by molar-refractivity contribution is 1.41. The molecule has 0 radical (unpaired) electrons. The smallest absolute Gasteiger partial charge is 0.0463 e. The van der Waals surface area contributed by atoms with Gasteiger partial charge in [-0.05, 0) is 108 Å². The van der Waals surface area contributed by atoms with Crippen molar-refractivity contribution in [3.8, 4) is 44.5 Å². The molecule has 0 saturated carbocycles. The van der Waals surface area contributed by atoms with Gasteiger partial charge in [-0.25, -0.2) is 0 Å². The lowest BCUT2D eigenvalue weighted by Gasteiger charge is -2.15. The molecular weight excluding hydrogens is 735 g/mol. The van der Waals surface area contributed by atoms with E-state index in [9.17, 15) is 0 Å². The van der Waals surface area contributed by atoms with Gasteiger partial charge in [0.15, 0.2) is 0 Å². The number of hydrogen-bond acceptors (Lipinski definition) is 1. The molecular formula is C60H65N. The van der Waals surface area contributed by atoms with Crippen LogP contribution in [0, 0.1) is 13.8 Å². The van der Waals surface area contributed by atoms with Gasteiger partial charge in [-0.2, -0.15) is 0 Å². The second-order valence-corrected chi connectivity index (χ2v) is 13.5. The van der Waals surface area contributed by atoms with Crippen molar-refractivity contribution >= 4 is 11.4 Å². The Morgan fingerprint density at radius 3 is 1.54 bits per heavy atom. The molecule has 0 unspecified atom stereocenters. The Bertz CT molecular complexity index is 2380. The van der Waals surface area contributed by atoms with E-state index >= 15 is 0 Å². The number of para-hydroxylation sites is 1. The molecule has 0 heterocycles. The van der Waals surface area contributed by atoms with E-state index in [-0.39, 0.29) is 0 Å². The molecule has 0 spiro atoms. The Morgan fingerprint density at radius 1 is 0.426 bits per heavy atom. The number of rotatable bonds is 10. The quantitative estimate of drug-likeness (QED) is 0.136. The number of hydrogen-bond donors (Lipinski definition) is 1. The summed E-state index contributed by atoms with van der Waals surface area (Å²) < 4.78 is 0. The van der Waals surface area contributed by atoms with Gasteiger partial charge in [-0.15, -0.1) is 0 Å². The summed E-state index contributed by atoms with van der Waals surface area (Å²) >= 11 is 0. The van der Waals surface area contributed by atoms with Gasteiger partial charge >= 0.3 is 0 Å². The van der Waals surface area contributed by atoms with E-state index in [1.54, 1.807) is 6.08 Å². The van der Waals surface area contributed by atoms with Crippen molar-refractivity contribution < 1.29 is 0 Å². The SMILES string of the molecule is C=C/C=C(\C=C/C)/C=C\C=C/C.CC.CC.Cc1ccccc1-c1ccc(-c2cccc(-c3ccccc3Nc3ccc(-c4ccccc4)cc3)c2)cc1C.c1ccccc1. The molecule has 0 aliphatic heterocycles. The van der Waals surface area contributed by atoms with Gasteiger partial charge in [0.2, 0.25) is 0 Å². The first kappa shape index (κ1) is 48.4. The highest BCUT2D eigenvalue weighted by molar-refractivity contribution is 5.84. The molecule has 0 aliphatic rings. The molecule has 0 aromatic heterocycles. The largest absolute Gasteiger partial charge is 0.355 e. The molecule has 0 saturated heterocycles. The summed E-state index contributed by atoms with van der Waals surface area (Å²) in [6, 6.07) is 63.9. The molecule has 0 atom stereocenters. The summed E-state index contributed by atoms with van der Waals surface area (Å²) in [5.74, 6) is 0. The van der Waals surface area contributed by atoms with Gasteiger partial charge in [-0.3, -0.25) is 0 Å². The van der Waals surface area contributed by atoms with Crippen LogP contribution in [0.3, 0.4) is 0 Å². The molecule has 0 aliphatic carbocycles. The Morgan fingerprint density at radius 2 is 0.934 bits per heavy atom. The van der Waals surface area contributed by atoms with Crippen molar-refractivity contribution in [1.82, 2.24) is 0 Å². The molecule has 1 N–H and O–H groups in total. The van der Waals surface area contributed by atoms with Crippen LogP contribution in [0.5, 0.6) is 0 Å². The molecule has 0 bridgehead atoms. The Labute approximate surface area is 368 Å². The highest BCUT2D eigenvalue weighted by Gasteiger charge is 2.10. The highest BCUT2D eigenvalue weighted by Crippen LogP contribution is 2.35. The maximum Gasteiger partial charge on any atom is 0.0463 e. The average Bonchev–Trinajstić information content (AvgIpc) is 3.32. The first-order valence-electron chi connectivity index (χ1n) is 21.5. The maximum absolute atomic E-state index is 3.65. The summed E-state index contributed by atoms with van der Waals surface area (Å²) in [5.41, 5.74) is 15.8. The predicted molar refractivity (Wildman–Crippen MR) is 274 cm³/mol. The van der Waals surface area contributed by atoms with E-state index in [0.29, 0.717) is 0 Å². The average molecular weight is 800 g/mol. The summed E-state index contributed by atoms with van der Waals surface area (Å²) in [5, 5.41) is 3.65. The molecule has 7 rings (SSSR count). The fourth-order valence-electron chi connectivity index (χ4n) is 6.42. The van der Waals surface area contributed by atoms with Crippen molar-refractivity contribution in [2.75, 3.05) is 5.32 Å². The summed E-state index contributed by atoms with van der Waals surface area (Å²) in [6.07, 6.45) is 15.9. The summed E-state index contributed by atoms with van der Waals surface area (Å²) in [4.78, 5) is 0. The van der Waals surface area contributed by atoms with Gasteiger partial charge in [0.25, 0.3) is 0 Å². The molecule has 1 nitrogen and oxygen atoms in total. The topological polar surface area (TPSA) is 12.0 Å². The van der Waals surface area contributed by atoms with E-state index < -0.39 is 0 Å². The summed E-state index contributed by atoms with van der Waals surface area (Å²) in [7, 11) is 0. The molecule has 0 amide bonds. The van der Waals surface area contributed by atoms with Crippen LogP contribution in [0.1, 0.15) is 52.7 Å². The Hall–Kier alpha value is -6.96. The number of anilines is 2. The van der Waals surface area contributed by atoms with Crippen molar-refractivity contribution in [3.63, 3.8) is 0 Å². The third-order valence-corrected chi connectivity index (χ3v) is 9.29. The number of nitrogens with one attached hydrogen (secondary N) is 1. The molecule has 310 valence electrons. The summed E-state index contributed by atoms with van der Waals surface area (Å²) in [6.45, 7) is 20.0. The minimum atomic E-state index is 1.07. The first-order valence-corrected chi connectivity index (χ1v) is 21.5. The molecule has 7 aromatic rings. The van der Waals surface area contributed by atoms with Crippen LogP contribution in [0.15, 0.2) is 243 Å². The van der Waals surface area contributed by atoms with Crippen molar-refractivity contribution in [3.05, 3.63) is 254 Å². The number of benzene rings is 7. The molecule has 1 heteroatoms. The predicted octanol–water partition coefficient (Wildman–Crippen LogP) is 18.3. The van der Waals surface area contributed by atoms with E-state index in [1.165, 1.54) is 55.6 Å². The van der Waals surface area contributed by atoms with E-state index in [4.69, 9.17) is 0 Å². The third-order valence-electron chi connectivity index (χ3n) is 9.29. The van der Waals surface area contributed by atoms with Gasteiger partial charge in [-0.1, -0.05) is 241 Å². The van der Waals surface area contributed by atoms with Crippen molar-refractivity contribution in [1.29, 1.82) is 0 Å². The first-order chi connectivity index (χ1) is 30.0. The Balaban J connectivity index is 0.000000373. The van der Waals surface area contributed by atoms with Crippen LogP contribution in [0.25, 0.3) is 44.5 Å². The minimum absolute atomic E-state index is 1.07. The highest BCUT2D eigenvalue weighted by atomic mass is 14.9. The van der Waals surface area contributed by atoms with Crippen LogP contribution in [0.4, 0.5) is 11.4 Å². The molecule has 0 fully saturated rings. The van der Waals surface area contributed by atoms with Crippen molar-refractivity contribution in [2.24, 2.45) is 0 Å². The lowest BCUT2D eigenvalue weighted by Crippen LogP contribution is -1.94. The van der Waals surface area contributed by atoms with Crippen LogP contribution in [0.2, 0.25) is 0 Å². The normalized spacial score (nSPS) is 10.6. The second-order valence-electron chi connectivity index (χ2n) is 13.5. The Kier molecular flexibility index (Phi) is 22.6. The van der Waals surface area contributed by atoms with Crippen molar-refractivity contribution in [2.45, 2.75) is 55.4 Å². The molecule has 61 heavy (non-hydrogen) atoms. The number of aryl methyl sites for hydroxylation is 2. The van der Waals surface area contributed by atoms with Crippen LogP contribution in [-0.4, -0.2) is 0 Å². The zero-order valence-corrected chi connectivity index (χ0v) is 37.6. The molecule has 7 aromatic carbocycles. The second kappa shape index (κ2) is 28.5. The fourth-order valence-corrected chi connectivity index (χ4v) is 6.42. The minimum Gasteiger partial charge on any atom is -0.355 e.